The summed E-state index contributed by atoms with van der Waals surface area (Å²) in [5, 5.41) is 0. The van der Waals surface area contributed by atoms with Crippen molar-refractivity contribution in [3.8, 4) is 5.75 Å². The van der Waals surface area contributed by atoms with Crippen molar-refractivity contribution in [3.63, 3.8) is 0 Å². The van der Waals surface area contributed by atoms with Crippen LogP contribution in [0, 0.1) is 11.8 Å². The standard InChI is InChI=1S/C26H19Br2NO3/c1-2-32-20-14-8-7-13-19(20)29-23(30)21-22(24(29)31)26(28)16-10-4-3-9-15(16)25(21,27)17-11-5-6-12-18(17)26/h3-14,21-22H,2H2,1H3/t21-,22-,25?,26?/m1/s1. The predicted octanol–water partition coefficient (Wildman–Crippen LogP) is 5.50. The van der Waals surface area contributed by atoms with E-state index in [4.69, 9.17) is 4.74 Å². The number of halogens is 2. The zero-order chi connectivity index (χ0) is 22.3. The lowest BCUT2D eigenvalue weighted by molar-refractivity contribution is -0.122. The molecule has 32 heavy (non-hydrogen) atoms. The lowest BCUT2D eigenvalue weighted by Crippen LogP contribution is -2.56. The van der Waals surface area contributed by atoms with Crippen LogP contribution in [0.5, 0.6) is 5.75 Å². The van der Waals surface area contributed by atoms with E-state index in [9.17, 15) is 9.59 Å². The smallest absolute Gasteiger partial charge is 0.240 e. The number of rotatable bonds is 3. The SMILES string of the molecule is CCOc1ccccc1N1C(=O)[C@H]2[C@H](C1=O)C1(Br)c3ccccc3C2(Br)c2ccccc21. The molecule has 2 atom stereocenters. The van der Waals surface area contributed by atoms with Crippen LogP contribution in [0.15, 0.2) is 72.8 Å². The molecule has 3 aliphatic carbocycles. The van der Waals surface area contributed by atoms with Gasteiger partial charge in [0.2, 0.25) is 11.8 Å². The number of amides is 2. The molecule has 0 radical (unpaired) electrons. The summed E-state index contributed by atoms with van der Waals surface area (Å²) in [5.41, 5.74) is 4.60. The molecule has 2 amide bonds. The number of ether oxygens (including phenoxy) is 1. The van der Waals surface area contributed by atoms with Gasteiger partial charge in [-0.2, -0.15) is 0 Å². The number of imide groups is 1. The number of alkyl halides is 2. The van der Waals surface area contributed by atoms with Gasteiger partial charge in [-0.05, 0) is 41.3 Å². The highest BCUT2D eigenvalue weighted by atomic mass is 79.9. The fraction of sp³-hybridized carbons (Fsp3) is 0.231. The highest BCUT2D eigenvalue weighted by Crippen LogP contribution is 2.71. The summed E-state index contributed by atoms with van der Waals surface area (Å²) >= 11 is 8.05. The Labute approximate surface area is 202 Å². The van der Waals surface area contributed by atoms with E-state index in [-0.39, 0.29) is 11.8 Å². The van der Waals surface area contributed by atoms with E-state index < -0.39 is 20.5 Å². The van der Waals surface area contributed by atoms with Crippen LogP contribution in [0.1, 0.15) is 29.2 Å². The molecule has 160 valence electrons. The van der Waals surface area contributed by atoms with Crippen molar-refractivity contribution in [3.05, 3.63) is 95.1 Å². The third kappa shape index (κ3) is 2.22. The molecule has 3 aromatic carbocycles. The Balaban J connectivity index is 1.63. The second kappa shape index (κ2) is 6.78. The summed E-state index contributed by atoms with van der Waals surface area (Å²) in [7, 11) is 0. The van der Waals surface area contributed by atoms with Crippen LogP contribution in [0.4, 0.5) is 5.69 Å². The first kappa shape index (κ1) is 20.2. The molecule has 1 fully saturated rings. The number of hydrogen-bond acceptors (Lipinski definition) is 3. The second-order valence-corrected chi connectivity index (χ2v) is 10.9. The van der Waals surface area contributed by atoms with E-state index in [0.717, 1.165) is 22.3 Å². The van der Waals surface area contributed by atoms with Gasteiger partial charge in [0.15, 0.2) is 0 Å². The Morgan fingerprint density at radius 1 is 0.750 bits per heavy atom. The molecule has 1 saturated heterocycles. The molecule has 2 bridgehead atoms. The Morgan fingerprint density at radius 2 is 1.16 bits per heavy atom. The van der Waals surface area contributed by atoms with Gasteiger partial charge in [0.05, 0.1) is 32.8 Å². The van der Waals surface area contributed by atoms with Gasteiger partial charge in [0.1, 0.15) is 5.75 Å². The molecular weight excluding hydrogens is 534 g/mol. The normalized spacial score (nSPS) is 29.5. The maximum Gasteiger partial charge on any atom is 0.240 e. The van der Waals surface area contributed by atoms with Crippen molar-refractivity contribution in [2.45, 2.75) is 15.6 Å². The van der Waals surface area contributed by atoms with Crippen LogP contribution in [0.25, 0.3) is 0 Å². The number of benzene rings is 3. The van der Waals surface area contributed by atoms with Crippen molar-refractivity contribution < 1.29 is 14.3 Å². The van der Waals surface area contributed by atoms with E-state index in [1.54, 1.807) is 12.1 Å². The molecule has 0 saturated carbocycles. The van der Waals surface area contributed by atoms with Gasteiger partial charge in [-0.25, -0.2) is 4.90 Å². The lowest BCUT2D eigenvalue weighted by Gasteiger charge is -2.55. The average Bonchev–Trinajstić information content (AvgIpc) is 3.09. The summed E-state index contributed by atoms with van der Waals surface area (Å²) in [5.74, 6) is -1.07. The Hall–Kier alpha value is -2.44. The zero-order valence-corrected chi connectivity index (χ0v) is 20.4. The van der Waals surface area contributed by atoms with Crippen LogP contribution in [0.2, 0.25) is 0 Å². The van der Waals surface area contributed by atoms with Crippen molar-refractivity contribution in [2.24, 2.45) is 11.8 Å². The highest BCUT2D eigenvalue weighted by molar-refractivity contribution is 9.10. The van der Waals surface area contributed by atoms with Crippen molar-refractivity contribution >= 4 is 49.4 Å². The minimum absolute atomic E-state index is 0.211. The van der Waals surface area contributed by atoms with Gasteiger partial charge in [0.25, 0.3) is 0 Å². The molecule has 4 nitrogen and oxygen atoms in total. The minimum Gasteiger partial charge on any atom is -0.492 e. The molecule has 1 heterocycles. The first-order valence-electron chi connectivity index (χ1n) is 10.6. The lowest BCUT2D eigenvalue weighted by atomic mass is 9.54. The van der Waals surface area contributed by atoms with E-state index in [0.29, 0.717) is 18.0 Å². The van der Waals surface area contributed by atoms with E-state index >= 15 is 0 Å². The van der Waals surface area contributed by atoms with Crippen LogP contribution < -0.4 is 9.64 Å². The number of anilines is 1. The van der Waals surface area contributed by atoms with Crippen LogP contribution >= 0.6 is 31.9 Å². The van der Waals surface area contributed by atoms with E-state index in [1.807, 2.05) is 43.3 Å². The summed E-state index contributed by atoms with van der Waals surface area (Å²) in [4.78, 5) is 29.5. The summed E-state index contributed by atoms with van der Waals surface area (Å²) in [6.45, 7) is 2.33. The number of para-hydroxylation sites is 2. The first-order valence-corrected chi connectivity index (χ1v) is 12.2. The molecule has 0 N–H and O–H groups in total. The quantitative estimate of drug-likeness (QED) is 0.318. The molecule has 1 aliphatic heterocycles. The van der Waals surface area contributed by atoms with Crippen molar-refractivity contribution in [2.75, 3.05) is 11.5 Å². The zero-order valence-electron chi connectivity index (χ0n) is 17.2. The van der Waals surface area contributed by atoms with E-state index in [2.05, 4.69) is 56.1 Å². The van der Waals surface area contributed by atoms with Crippen molar-refractivity contribution in [1.29, 1.82) is 0 Å². The topological polar surface area (TPSA) is 46.6 Å². The van der Waals surface area contributed by atoms with Gasteiger partial charge >= 0.3 is 0 Å². The predicted molar refractivity (Wildman–Crippen MR) is 129 cm³/mol. The Bertz CT molecular complexity index is 1180. The Morgan fingerprint density at radius 3 is 1.59 bits per heavy atom. The minimum atomic E-state index is -0.789. The summed E-state index contributed by atoms with van der Waals surface area (Å²) < 4.78 is 4.19. The molecular formula is C26H19Br2NO3. The summed E-state index contributed by atoms with van der Waals surface area (Å²) in [6, 6.07) is 23.4. The Kier molecular flexibility index (Phi) is 4.28. The number of hydrogen-bond donors (Lipinski definition) is 0. The summed E-state index contributed by atoms with van der Waals surface area (Å²) in [6.07, 6.45) is 0. The largest absolute Gasteiger partial charge is 0.492 e. The van der Waals surface area contributed by atoms with Gasteiger partial charge < -0.3 is 4.74 Å². The maximum atomic E-state index is 14.1. The van der Waals surface area contributed by atoms with E-state index in [1.165, 1.54) is 4.90 Å². The first-order chi connectivity index (χ1) is 15.5. The molecule has 6 heteroatoms. The average molecular weight is 553 g/mol. The van der Waals surface area contributed by atoms with Crippen molar-refractivity contribution in [1.82, 2.24) is 0 Å². The van der Waals surface area contributed by atoms with Gasteiger partial charge in [-0.15, -0.1) is 0 Å². The second-order valence-electron chi connectivity index (χ2n) is 8.38. The van der Waals surface area contributed by atoms with Gasteiger partial charge in [-0.1, -0.05) is 92.5 Å². The third-order valence-electron chi connectivity index (χ3n) is 6.99. The third-order valence-corrected chi connectivity index (χ3v) is 9.69. The van der Waals surface area contributed by atoms with Crippen LogP contribution in [-0.2, 0) is 18.2 Å². The molecule has 4 aliphatic rings. The number of carbonyl (C=O) groups excluding carboxylic acids is 2. The molecule has 3 aromatic rings. The maximum absolute atomic E-state index is 14.1. The highest BCUT2D eigenvalue weighted by Gasteiger charge is 2.72. The molecule has 0 unspecified atom stereocenters. The molecule has 7 rings (SSSR count). The fourth-order valence-corrected chi connectivity index (χ4v) is 8.13. The molecule has 0 aromatic heterocycles. The van der Waals surface area contributed by atoms with Crippen LogP contribution in [-0.4, -0.2) is 18.4 Å². The van der Waals surface area contributed by atoms with Crippen LogP contribution in [0.3, 0.4) is 0 Å². The molecule has 0 spiro atoms. The monoisotopic (exact) mass is 551 g/mol. The van der Waals surface area contributed by atoms with Gasteiger partial charge in [0, 0.05) is 0 Å². The fourth-order valence-electron chi connectivity index (χ4n) is 5.82. The number of carbonyl (C=O) groups is 2. The van der Waals surface area contributed by atoms with Gasteiger partial charge in [-0.3, -0.25) is 9.59 Å². The number of nitrogens with zero attached hydrogens (tertiary/aromatic N) is 1.